The van der Waals surface area contributed by atoms with Crippen LogP contribution in [0.3, 0.4) is 0 Å². The van der Waals surface area contributed by atoms with Crippen molar-refractivity contribution in [2.24, 2.45) is 0 Å². The minimum atomic E-state index is -0.552. The van der Waals surface area contributed by atoms with E-state index in [-0.39, 0.29) is 12.6 Å². The van der Waals surface area contributed by atoms with E-state index in [1.54, 1.807) is 0 Å². The molecule has 18 heavy (non-hydrogen) atoms. The van der Waals surface area contributed by atoms with Crippen molar-refractivity contribution < 1.29 is 10.2 Å². The molecule has 0 fully saturated rings. The molecular weight excluding hydrogens is 226 g/mol. The molecule has 0 amide bonds. The first-order valence-electron chi connectivity index (χ1n) is 6.21. The van der Waals surface area contributed by atoms with Crippen LogP contribution in [0, 0.1) is 0 Å². The van der Waals surface area contributed by atoms with Gasteiger partial charge in [-0.15, -0.1) is 0 Å². The molecule has 0 aliphatic rings. The lowest BCUT2D eigenvalue weighted by atomic mass is 10.0. The molecule has 96 valence electrons. The molecule has 2 aromatic rings. The van der Waals surface area contributed by atoms with E-state index in [0.717, 1.165) is 10.9 Å². The summed E-state index contributed by atoms with van der Waals surface area (Å²) in [6.07, 6.45) is -0.552. The fraction of sp³-hybridized carbons (Fsp3) is 0.333. The number of benzene rings is 2. The fourth-order valence-corrected chi connectivity index (χ4v) is 1.91. The molecule has 0 bridgehead atoms. The molecule has 2 aromatic carbocycles. The van der Waals surface area contributed by atoms with Crippen LogP contribution in [0.15, 0.2) is 42.5 Å². The van der Waals surface area contributed by atoms with Crippen molar-refractivity contribution in [3.63, 3.8) is 0 Å². The van der Waals surface area contributed by atoms with E-state index in [1.807, 2.05) is 43.3 Å². The van der Waals surface area contributed by atoms with E-state index < -0.39 is 6.10 Å². The quantitative estimate of drug-likeness (QED) is 0.753. The van der Waals surface area contributed by atoms with E-state index >= 15 is 0 Å². The molecule has 0 saturated heterocycles. The Balaban J connectivity index is 2.10. The molecule has 0 aliphatic carbocycles. The highest BCUT2D eigenvalue weighted by molar-refractivity contribution is 5.83. The van der Waals surface area contributed by atoms with Gasteiger partial charge in [-0.3, -0.25) is 0 Å². The molecule has 0 aromatic heterocycles. The van der Waals surface area contributed by atoms with Crippen LogP contribution in [0.1, 0.15) is 18.6 Å². The first-order valence-corrected chi connectivity index (χ1v) is 6.21. The Kier molecular flexibility index (Phi) is 4.31. The van der Waals surface area contributed by atoms with Crippen LogP contribution < -0.4 is 5.32 Å². The van der Waals surface area contributed by atoms with Crippen LogP contribution in [0.2, 0.25) is 0 Å². The highest BCUT2D eigenvalue weighted by atomic mass is 16.3. The van der Waals surface area contributed by atoms with Crippen LogP contribution in [0.25, 0.3) is 10.8 Å². The Morgan fingerprint density at radius 2 is 1.83 bits per heavy atom. The summed E-state index contributed by atoms with van der Waals surface area (Å²) in [4.78, 5) is 0. The lowest BCUT2D eigenvalue weighted by Crippen LogP contribution is -2.32. The molecule has 0 unspecified atom stereocenters. The number of nitrogens with one attached hydrogen (secondary N) is 1. The predicted molar refractivity (Wildman–Crippen MR) is 73.5 cm³/mol. The molecular formula is C15H19NO2. The number of rotatable bonds is 5. The van der Waals surface area contributed by atoms with Gasteiger partial charge in [-0.25, -0.2) is 0 Å². The zero-order chi connectivity index (χ0) is 13.0. The first kappa shape index (κ1) is 13.0. The van der Waals surface area contributed by atoms with Gasteiger partial charge in [-0.1, -0.05) is 36.4 Å². The van der Waals surface area contributed by atoms with Crippen molar-refractivity contribution in [1.29, 1.82) is 0 Å². The molecule has 0 heterocycles. The van der Waals surface area contributed by atoms with Gasteiger partial charge in [0.25, 0.3) is 0 Å². The van der Waals surface area contributed by atoms with E-state index in [1.165, 1.54) is 5.39 Å². The maximum absolute atomic E-state index is 10.1. The van der Waals surface area contributed by atoms with Crippen LogP contribution >= 0.6 is 0 Å². The topological polar surface area (TPSA) is 52.5 Å². The zero-order valence-electron chi connectivity index (χ0n) is 10.5. The molecule has 3 nitrogen and oxygen atoms in total. The third kappa shape index (κ3) is 3.07. The maximum Gasteiger partial charge on any atom is 0.0914 e. The lowest BCUT2D eigenvalue weighted by Gasteiger charge is -2.16. The van der Waals surface area contributed by atoms with Crippen molar-refractivity contribution in [1.82, 2.24) is 5.32 Å². The van der Waals surface area contributed by atoms with Crippen molar-refractivity contribution in [2.75, 3.05) is 13.2 Å². The number of hydrogen-bond acceptors (Lipinski definition) is 3. The van der Waals surface area contributed by atoms with E-state index in [2.05, 4.69) is 11.4 Å². The number of aliphatic hydroxyl groups excluding tert-OH is 2. The van der Waals surface area contributed by atoms with Crippen molar-refractivity contribution in [2.45, 2.75) is 19.1 Å². The highest BCUT2D eigenvalue weighted by Gasteiger charge is 2.09. The largest absolute Gasteiger partial charge is 0.395 e. The van der Waals surface area contributed by atoms with Crippen molar-refractivity contribution >= 4 is 10.8 Å². The van der Waals surface area contributed by atoms with Crippen LogP contribution in [-0.2, 0) is 0 Å². The molecule has 3 N–H and O–H groups in total. The van der Waals surface area contributed by atoms with Gasteiger partial charge < -0.3 is 15.5 Å². The van der Waals surface area contributed by atoms with Gasteiger partial charge in [0, 0.05) is 12.6 Å². The molecule has 2 atom stereocenters. The second kappa shape index (κ2) is 5.96. The second-order valence-electron chi connectivity index (χ2n) is 4.61. The molecule has 0 aliphatic heterocycles. The average Bonchev–Trinajstić information content (AvgIpc) is 2.43. The van der Waals surface area contributed by atoms with Gasteiger partial charge >= 0.3 is 0 Å². The summed E-state index contributed by atoms with van der Waals surface area (Å²) >= 11 is 0. The number of hydrogen-bond donors (Lipinski definition) is 3. The summed E-state index contributed by atoms with van der Waals surface area (Å²) in [6.45, 7) is 2.40. The first-order chi connectivity index (χ1) is 8.70. The molecule has 0 spiro atoms. The van der Waals surface area contributed by atoms with E-state index in [0.29, 0.717) is 6.54 Å². The summed E-state index contributed by atoms with van der Waals surface area (Å²) in [5, 5.41) is 24.4. The van der Waals surface area contributed by atoms with E-state index in [4.69, 9.17) is 5.11 Å². The SMILES string of the molecule is C[C@@H](CO)NC[C@H](O)c1ccc2ccccc2c1. The summed E-state index contributed by atoms with van der Waals surface area (Å²) in [7, 11) is 0. The van der Waals surface area contributed by atoms with Crippen molar-refractivity contribution in [3.05, 3.63) is 48.0 Å². The molecule has 3 heteroatoms. The third-order valence-electron chi connectivity index (χ3n) is 3.09. The molecule has 2 rings (SSSR count). The predicted octanol–water partition coefficient (Wildman–Crippen LogP) is 1.84. The highest BCUT2D eigenvalue weighted by Crippen LogP contribution is 2.20. The van der Waals surface area contributed by atoms with Gasteiger partial charge in [-0.2, -0.15) is 0 Å². The van der Waals surface area contributed by atoms with Crippen LogP contribution in [-0.4, -0.2) is 29.4 Å². The van der Waals surface area contributed by atoms with Gasteiger partial charge in [-0.05, 0) is 29.3 Å². The normalized spacial score (nSPS) is 14.6. The summed E-state index contributed by atoms with van der Waals surface area (Å²) in [6, 6.07) is 14.0. The Morgan fingerprint density at radius 3 is 2.56 bits per heavy atom. The Labute approximate surface area is 107 Å². The standard InChI is InChI=1S/C15H19NO2/c1-11(10-17)16-9-15(18)14-7-6-12-4-2-3-5-13(12)8-14/h2-8,11,15-18H,9-10H2,1H3/t11-,15-/m0/s1. The van der Waals surface area contributed by atoms with Crippen LogP contribution in [0.4, 0.5) is 0 Å². The Bertz CT molecular complexity index is 513. The zero-order valence-corrected chi connectivity index (χ0v) is 10.5. The molecule has 0 saturated carbocycles. The van der Waals surface area contributed by atoms with Gasteiger partial charge in [0.15, 0.2) is 0 Å². The fourth-order valence-electron chi connectivity index (χ4n) is 1.91. The lowest BCUT2D eigenvalue weighted by molar-refractivity contribution is 0.161. The van der Waals surface area contributed by atoms with Gasteiger partial charge in [0.2, 0.25) is 0 Å². The Hall–Kier alpha value is -1.42. The van der Waals surface area contributed by atoms with Crippen molar-refractivity contribution in [3.8, 4) is 0 Å². The van der Waals surface area contributed by atoms with Gasteiger partial charge in [0.05, 0.1) is 12.7 Å². The second-order valence-corrected chi connectivity index (χ2v) is 4.61. The maximum atomic E-state index is 10.1. The number of fused-ring (bicyclic) bond motifs is 1. The number of aliphatic hydroxyl groups is 2. The molecule has 0 radical (unpaired) electrons. The summed E-state index contributed by atoms with van der Waals surface area (Å²) in [5.74, 6) is 0. The monoisotopic (exact) mass is 245 g/mol. The Morgan fingerprint density at radius 1 is 1.11 bits per heavy atom. The summed E-state index contributed by atoms with van der Waals surface area (Å²) in [5.41, 5.74) is 0.895. The van der Waals surface area contributed by atoms with E-state index in [9.17, 15) is 5.11 Å². The smallest absolute Gasteiger partial charge is 0.0914 e. The average molecular weight is 245 g/mol. The van der Waals surface area contributed by atoms with Gasteiger partial charge in [0.1, 0.15) is 0 Å². The van der Waals surface area contributed by atoms with Crippen LogP contribution in [0.5, 0.6) is 0 Å². The minimum absolute atomic E-state index is 0.0000985. The third-order valence-corrected chi connectivity index (χ3v) is 3.09. The minimum Gasteiger partial charge on any atom is -0.395 e. The summed E-state index contributed by atoms with van der Waals surface area (Å²) < 4.78 is 0.